The van der Waals surface area contributed by atoms with E-state index in [2.05, 4.69) is 9.82 Å². The molecule has 1 amide bonds. The molecule has 0 atom stereocenters. The smallest absolute Gasteiger partial charge is 0.265 e. The highest BCUT2D eigenvalue weighted by Crippen LogP contribution is 2.32. The summed E-state index contributed by atoms with van der Waals surface area (Å²) in [5, 5.41) is 5.93. The lowest BCUT2D eigenvalue weighted by Crippen LogP contribution is -2.18. The molecular weight excluding hydrogens is 312 g/mol. The van der Waals surface area contributed by atoms with Crippen molar-refractivity contribution in [2.45, 2.75) is 30.2 Å². The number of amides is 1. The SMILES string of the molecule is NC(=O)c1ccsc1NS(=O)(=O)c1cnn(C2CCC2)c1. The monoisotopic (exact) mass is 326 g/mol. The van der Waals surface area contributed by atoms with Gasteiger partial charge in [0.25, 0.3) is 15.9 Å². The maximum absolute atomic E-state index is 12.3. The number of rotatable bonds is 5. The minimum Gasteiger partial charge on any atom is -0.366 e. The molecule has 3 rings (SSSR count). The van der Waals surface area contributed by atoms with Crippen LogP contribution in [0.15, 0.2) is 28.7 Å². The van der Waals surface area contributed by atoms with Crippen LogP contribution in [0.3, 0.4) is 0 Å². The third-order valence-electron chi connectivity index (χ3n) is 3.49. The van der Waals surface area contributed by atoms with Crippen LogP contribution in [-0.2, 0) is 10.0 Å². The van der Waals surface area contributed by atoms with Crippen LogP contribution in [0.25, 0.3) is 0 Å². The van der Waals surface area contributed by atoms with Gasteiger partial charge in [0.1, 0.15) is 9.90 Å². The third-order valence-corrected chi connectivity index (χ3v) is 5.76. The number of primary amides is 1. The van der Waals surface area contributed by atoms with Crippen LogP contribution >= 0.6 is 11.3 Å². The Kier molecular flexibility index (Phi) is 3.46. The number of aromatic nitrogens is 2. The predicted octanol–water partition coefficient (Wildman–Crippen LogP) is 1.57. The fraction of sp³-hybridized carbons (Fsp3) is 0.333. The van der Waals surface area contributed by atoms with Crippen molar-refractivity contribution in [1.29, 1.82) is 0 Å². The van der Waals surface area contributed by atoms with Crippen LogP contribution in [0.1, 0.15) is 35.7 Å². The molecule has 112 valence electrons. The van der Waals surface area contributed by atoms with E-state index in [4.69, 9.17) is 5.73 Å². The summed E-state index contributed by atoms with van der Waals surface area (Å²) in [5.41, 5.74) is 5.36. The van der Waals surface area contributed by atoms with Gasteiger partial charge in [0, 0.05) is 6.20 Å². The van der Waals surface area contributed by atoms with Gasteiger partial charge >= 0.3 is 0 Å². The maximum atomic E-state index is 12.3. The minimum atomic E-state index is -3.77. The van der Waals surface area contributed by atoms with Crippen molar-refractivity contribution in [3.8, 4) is 0 Å². The van der Waals surface area contributed by atoms with E-state index in [9.17, 15) is 13.2 Å². The van der Waals surface area contributed by atoms with Crippen LogP contribution in [0, 0.1) is 0 Å². The number of sulfonamides is 1. The Morgan fingerprint density at radius 3 is 2.86 bits per heavy atom. The second kappa shape index (κ2) is 5.15. The van der Waals surface area contributed by atoms with Gasteiger partial charge in [-0.1, -0.05) is 0 Å². The number of nitrogens with zero attached hydrogens (tertiary/aromatic N) is 2. The Balaban J connectivity index is 1.84. The molecule has 2 aromatic rings. The molecule has 3 N–H and O–H groups in total. The first-order valence-corrected chi connectivity index (χ1v) is 8.78. The molecular formula is C12H14N4O3S2. The molecule has 21 heavy (non-hydrogen) atoms. The highest BCUT2D eigenvalue weighted by atomic mass is 32.2. The quantitative estimate of drug-likeness (QED) is 0.869. The molecule has 1 fully saturated rings. The van der Waals surface area contributed by atoms with Gasteiger partial charge in [-0.3, -0.25) is 14.2 Å². The van der Waals surface area contributed by atoms with Crippen molar-refractivity contribution in [2.24, 2.45) is 5.73 Å². The van der Waals surface area contributed by atoms with Gasteiger partial charge in [-0.05, 0) is 30.7 Å². The highest BCUT2D eigenvalue weighted by Gasteiger charge is 2.24. The first-order chi connectivity index (χ1) is 9.97. The zero-order valence-corrected chi connectivity index (χ0v) is 12.7. The molecule has 1 aliphatic carbocycles. The van der Waals surface area contributed by atoms with Gasteiger partial charge in [-0.25, -0.2) is 8.42 Å². The Morgan fingerprint density at radius 2 is 2.24 bits per heavy atom. The standard InChI is InChI=1S/C12H14N4O3S2/c13-11(17)10-4-5-20-12(10)15-21(18,19)9-6-14-16(7-9)8-2-1-3-8/h4-8,15H,1-3H2,(H2,13,17). The average molecular weight is 326 g/mol. The van der Waals surface area contributed by atoms with Crippen LogP contribution in [0.5, 0.6) is 0 Å². The lowest BCUT2D eigenvalue weighted by molar-refractivity contribution is 0.100. The fourth-order valence-corrected chi connectivity index (χ4v) is 4.14. The van der Waals surface area contributed by atoms with Crippen molar-refractivity contribution in [2.75, 3.05) is 4.72 Å². The Bertz CT molecular complexity index is 774. The molecule has 9 heteroatoms. The number of hydrogen-bond donors (Lipinski definition) is 2. The van der Waals surface area contributed by atoms with E-state index in [1.54, 1.807) is 10.1 Å². The molecule has 0 spiro atoms. The molecule has 0 saturated heterocycles. The van der Waals surface area contributed by atoms with Crippen molar-refractivity contribution in [3.63, 3.8) is 0 Å². The predicted molar refractivity (Wildman–Crippen MR) is 78.8 cm³/mol. The summed E-state index contributed by atoms with van der Waals surface area (Å²) in [6.45, 7) is 0. The molecule has 1 saturated carbocycles. The van der Waals surface area contributed by atoms with E-state index in [0.717, 1.165) is 30.6 Å². The minimum absolute atomic E-state index is 0.0817. The van der Waals surface area contributed by atoms with Gasteiger partial charge in [0.2, 0.25) is 0 Å². The highest BCUT2D eigenvalue weighted by molar-refractivity contribution is 7.93. The van der Waals surface area contributed by atoms with Crippen molar-refractivity contribution < 1.29 is 13.2 Å². The number of thiophene rings is 1. The molecule has 0 bridgehead atoms. The lowest BCUT2D eigenvalue weighted by atomic mass is 9.93. The zero-order chi connectivity index (χ0) is 15.0. The molecule has 7 nitrogen and oxygen atoms in total. The number of anilines is 1. The van der Waals surface area contributed by atoms with Gasteiger partial charge in [-0.15, -0.1) is 11.3 Å². The second-order valence-electron chi connectivity index (χ2n) is 4.87. The Hall–Kier alpha value is -1.87. The summed E-state index contributed by atoms with van der Waals surface area (Å²) in [6.07, 6.45) is 6.01. The lowest BCUT2D eigenvalue weighted by Gasteiger charge is -2.25. The summed E-state index contributed by atoms with van der Waals surface area (Å²) in [5.74, 6) is -0.667. The van der Waals surface area contributed by atoms with Crippen LogP contribution < -0.4 is 10.5 Å². The largest absolute Gasteiger partial charge is 0.366 e. The van der Waals surface area contributed by atoms with E-state index < -0.39 is 15.9 Å². The third kappa shape index (κ3) is 2.66. The van der Waals surface area contributed by atoms with E-state index >= 15 is 0 Å². The van der Waals surface area contributed by atoms with Gasteiger partial charge in [-0.2, -0.15) is 5.10 Å². The van der Waals surface area contributed by atoms with Gasteiger partial charge in [0.05, 0.1) is 17.8 Å². The Labute approximate surface area is 125 Å². The van der Waals surface area contributed by atoms with Crippen LogP contribution in [-0.4, -0.2) is 24.1 Å². The van der Waals surface area contributed by atoms with Crippen molar-refractivity contribution in [3.05, 3.63) is 29.4 Å². The van der Waals surface area contributed by atoms with Gasteiger partial charge in [0.15, 0.2) is 0 Å². The molecule has 0 aromatic carbocycles. The molecule has 1 aliphatic rings. The summed E-state index contributed by atoms with van der Waals surface area (Å²) >= 11 is 1.11. The molecule has 2 aromatic heterocycles. The fourth-order valence-electron chi connectivity index (χ4n) is 2.07. The van der Waals surface area contributed by atoms with Crippen LogP contribution in [0.2, 0.25) is 0 Å². The van der Waals surface area contributed by atoms with E-state index in [0.29, 0.717) is 0 Å². The van der Waals surface area contributed by atoms with E-state index in [1.807, 2.05) is 0 Å². The normalized spacial score (nSPS) is 15.6. The topological polar surface area (TPSA) is 107 Å². The number of nitrogens with two attached hydrogens (primary N) is 1. The van der Waals surface area contributed by atoms with Crippen molar-refractivity contribution in [1.82, 2.24) is 9.78 Å². The first-order valence-electron chi connectivity index (χ1n) is 6.41. The number of hydrogen-bond acceptors (Lipinski definition) is 5. The zero-order valence-electron chi connectivity index (χ0n) is 11.0. The number of carbonyl (C=O) groups excluding carboxylic acids is 1. The van der Waals surface area contributed by atoms with E-state index in [1.165, 1.54) is 18.5 Å². The molecule has 0 unspecified atom stereocenters. The average Bonchev–Trinajstić information content (AvgIpc) is 2.95. The number of carbonyl (C=O) groups is 1. The maximum Gasteiger partial charge on any atom is 0.265 e. The summed E-state index contributed by atoms with van der Waals surface area (Å²) in [7, 11) is -3.77. The summed E-state index contributed by atoms with van der Waals surface area (Å²) in [4.78, 5) is 11.3. The van der Waals surface area contributed by atoms with Crippen molar-refractivity contribution >= 4 is 32.3 Å². The second-order valence-corrected chi connectivity index (χ2v) is 7.47. The Morgan fingerprint density at radius 1 is 1.48 bits per heavy atom. The first kappa shape index (κ1) is 14.1. The molecule has 0 aliphatic heterocycles. The van der Waals surface area contributed by atoms with E-state index in [-0.39, 0.29) is 21.5 Å². The van der Waals surface area contributed by atoms with Crippen LogP contribution in [0.4, 0.5) is 5.00 Å². The van der Waals surface area contributed by atoms with Gasteiger partial charge < -0.3 is 5.73 Å². The molecule has 0 radical (unpaired) electrons. The molecule has 2 heterocycles. The summed E-state index contributed by atoms with van der Waals surface area (Å²) in [6, 6.07) is 1.78. The number of nitrogens with one attached hydrogen (secondary N) is 1. The summed E-state index contributed by atoms with van der Waals surface area (Å²) < 4.78 is 28.7.